The van der Waals surface area contributed by atoms with Gasteiger partial charge in [0.1, 0.15) is 0 Å². The van der Waals surface area contributed by atoms with Gasteiger partial charge in [0.05, 0.1) is 4.90 Å². The number of nitrogens with two attached hydrogens (primary N) is 1. The fourth-order valence-corrected chi connectivity index (χ4v) is 2.83. The molecule has 0 aliphatic rings. The van der Waals surface area contributed by atoms with E-state index in [1.165, 1.54) is 12.1 Å². The van der Waals surface area contributed by atoms with Crippen LogP contribution < -0.4 is 15.8 Å². The standard InChI is InChI=1S/C15H16BrN3O3S/c16-13-3-1-2-12(8-13)10-19-15(20)18-9-11-4-6-14(7-5-11)23(17,21)22/h1-8H,9-10H2,(H2,17,21,22)(H2,18,19,20). The highest BCUT2D eigenvalue weighted by Gasteiger charge is 2.07. The third kappa shape index (κ3) is 5.66. The Kier molecular flexibility index (Phi) is 5.75. The van der Waals surface area contributed by atoms with Crippen molar-refractivity contribution in [3.63, 3.8) is 0 Å². The highest BCUT2D eigenvalue weighted by atomic mass is 79.9. The predicted octanol–water partition coefficient (Wildman–Crippen LogP) is 2.10. The Labute approximate surface area is 143 Å². The fraction of sp³-hybridized carbons (Fsp3) is 0.133. The van der Waals surface area contributed by atoms with E-state index in [2.05, 4.69) is 26.6 Å². The van der Waals surface area contributed by atoms with Gasteiger partial charge in [-0.05, 0) is 35.4 Å². The molecule has 0 spiro atoms. The molecular weight excluding hydrogens is 382 g/mol. The highest BCUT2D eigenvalue weighted by molar-refractivity contribution is 9.10. The number of carbonyl (C=O) groups excluding carboxylic acids is 1. The second-order valence-corrected chi connectivity index (χ2v) is 7.33. The first-order chi connectivity index (χ1) is 10.8. The molecule has 0 saturated carbocycles. The molecule has 0 aromatic heterocycles. The Balaban J connectivity index is 1.82. The number of urea groups is 1. The third-order valence-electron chi connectivity index (χ3n) is 3.05. The lowest BCUT2D eigenvalue weighted by Gasteiger charge is -2.08. The van der Waals surface area contributed by atoms with Gasteiger partial charge in [0, 0.05) is 17.6 Å². The van der Waals surface area contributed by atoms with Crippen molar-refractivity contribution in [2.45, 2.75) is 18.0 Å². The Morgan fingerprint density at radius 2 is 1.61 bits per heavy atom. The number of carbonyl (C=O) groups is 1. The van der Waals surface area contributed by atoms with E-state index in [1.807, 2.05) is 24.3 Å². The molecule has 0 bridgehead atoms. The Morgan fingerprint density at radius 1 is 1.00 bits per heavy atom. The molecule has 2 rings (SSSR count). The molecule has 0 atom stereocenters. The quantitative estimate of drug-likeness (QED) is 0.719. The van der Waals surface area contributed by atoms with Crippen LogP contribution in [-0.2, 0) is 23.1 Å². The number of hydrogen-bond donors (Lipinski definition) is 3. The maximum atomic E-state index is 11.8. The molecular formula is C15H16BrN3O3S. The topological polar surface area (TPSA) is 101 Å². The molecule has 2 amide bonds. The van der Waals surface area contributed by atoms with Crippen LogP contribution in [0.15, 0.2) is 57.9 Å². The van der Waals surface area contributed by atoms with E-state index in [4.69, 9.17) is 5.14 Å². The van der Waals surface area contributed by atoms with E-state index in [0.29, 0.717) is 6.54 Å². The summed E-state index contributed by atoms with van der Waals surface area (Å²) < 4.78 is 23.2. The number of amides is 2. The van der Waals surface area contributed by atoms with Gasteiger partial charge in [-0.15, -0.1) is 0 Å². The summed E-state index contributed by atoms with van der Waals surface area (Å²) in [5.74, 6) is 0. The summed E-state index contributed by atoms with van der Waals surface area (Å²) in [7, 11) is -3.70. The lowest BCUT2D eigenvalue weighted by Crippen LogP contribution is -2.34. The summed E-state index contributed by atoms with van der Waals surface area (Å²) in [6.45, 7) is 0.699. The van der Waals surface area contributed by atoms with Crippen molar-refractivity contribution < 1.29 is 13.2 Å². The monoisotopic (exact) mass is 397 g/mol. The number of sulfonamides is 1. The van der Waals surface area contributed by atoms with Gasteiger partial charge in [0.25, 0.3) is 0 Å². The van der Waals surface area contributed by atoms with E-state index < -0.39 is 10.0 Å². The summed E-state index contributed by atoms with van der Waals surface area (Å²) in [5, 5.41) is 10.5. The Bertz CT molecular complexity index is 792. The van der Waals surface area contributed by atoms with Crippen LogP contribution in [0.3, 0.4) is 0 Å². The molecule has 0 aliphatic carbocycles. The lowest BCUT2D eigenvalue weighted by molar-refractivity contribution is 0.240. The van der Waals surface area contributed by atoms with Gasteiger partial charge in [-0.3, -0.25) is 0 Å². The fourth-order valence-electron chi connectivity index (χ4n) is 1.87. The van der Waals surface area contributed by atoms with Gasteiger partial charge in [0.15, 0.2) is 0 Å². The molecule has 0 aliphatic heterocycles. The van der Waals surface area contributed by atoms with Crippen LogP contribution in [0.25, 0.3) is 0 Å². The highest BCUT2D eigenvalue weighted by Crippen LogP contribution is 2.11. The SMILES string of the molecule is NS(=O)(=O)c1ccc(CNC(=O)NCc2cccc(Br)c2)cc1. The number of nitrogens with one attached hydrogen (secondary N) is 2. The first-order valence-electron chi connectivity index (χ1n) is 6.72. The maximum absolute atomic E-state index is 11.8. The van der Waals surface area contributed by atoms with Crippen LogP contribution in [0.1, 0.15) is 11.1 Å². The largest absolute Gasteiger partial charge is 0.334 e. The second-order valence-electron chi connectivity index (χ2n) is 4.86. The number of hydrogen-bond acceptors (Lipinski definition) is 3. The average Bonchev–Trinajstić information content (AvgIpc) is 2.50. The van der Waals surface area contributed by atoms with Crippen molar-refractivity contribution in [2.24, 2.45) is 5.14 Å². The van der Waals surface area contributed by atoms with Crippen LogP contribution in [0.4, 0.5) is 4.79 Å². The maximum Gasteiger partial charge on any atom is 0.315 e. The molecule has 0 fully saturated rings. The minimum atomic E-state index is -3.70. The van der Waals surface area contributed by atoms with Crippen molar-refractivity contribution in [3.05, 3.63) is 64.1 Å². The van der Waals surface area contributed by atoms with Crippen LogP contribution in [0, 0.1) is 0 Å². The normalized spacial score (nSPS) is 11.0. The van der Waals surface area contributed by atoms with Crippen molar-refractivity contribution >= 4 is 32.0 Å². The molecule has 0 heterocycles. The van der Waals surface area contributed by atoms with Gasteiger partial charge in [-0.25, -0.2) is 18.4 Å². The van der Waals surface area contributed by atoms with Crippen LogP contribution in [0.2, 0.25) is 0 Å². The van der Waals surface area contributed by atoms with E-state index in [-0.39, 0.29) is 17.5 Å². The van der Waals surface area contributed by atoms with E-state index in [9.17, 15) is 13.2 Å². The molecule has 4 N–H and O–H groups in total. The van der Waals surface area contributed by atoms with Crippen molar-refractivity contribution in [1.29, 1.82) is 0 Å². The molecule has 23 heavy (non-hydrogen) atoms. The van der Waals surface area contributed by atoms with E-state index in [1.54, 1.807) is 12.1 Å². The zero-order chi connectivity index (χ0) is 16.9. The van der Waals surface area contributed by atoms with Crippen molar-refractivity contribution in [1.82, 2.24) is 10.6 Å². The number of rotatable bonds is 5. The zero-order valence-corrected chi connectivity index (χ0v) is 14.5. The first-order valence-corrected chi connectivity index (χ1v) is 9.06. The zero-order valence-electron chi connectivity index (χ0n) is 12.1. The summed E-state index contributed by atoms with van der Waals surface area (Å²) in [6, 6.07) is 13.4. The van der Waals surface area contributed by atoms with Crippen molar-refractivity contribution in [3.8, 4) is 0 Å². The van der Waals surface area contributed by atoms with Gasteiger partial charge in [-0.2, -0.15) is 0 Å². The minimum absolute atomic E-state index is 0.0420. The van der Waals surface area contributed by atoms with Crippen molar-refractivity contribution in [2.75, 3.05) is 0 Å². The Hall–Kier alpha value is -1.90. The van der Waals surface area contributed by atoms with Gasteiger partial charge < -0.3 is 10.6 Å². The molecule has 122 valence electrons. The average molecular weight is 398 g/mol. The molecule has 6 nitrogen and oxygen atoms in total. The molecule has 2 aromatic rings. The summed E-state index contributed by atoms with van der Waals surface area (Å²) in [6.07, 6.45) is 0. The van der Waals surface area contributed by atoms with Gasteiger partial charge in [-0.1, -0.05) is 40.2 Å². The van der Waals surface area contributed by atoms with E-state index >= 15 is 0 Å². The number of benzene rings is 2. The third-order valence-corrected chi connectivity index (χ3v) is 4.47. The van der Waals surface area contributed by atoms with Gasteiger partial charge in [0.2, 0.25) is 10.0 Å². The number of primary sulfonamides is 1. The smallest absolute Gasteiger partial charge is 0.315 e. The van der Waals surface area contributed by atoms with E-state index in [0.717, 1.165) is 15.6 Å². The van der Waals surface area contributed by atoms with Crippen LogP contribution >= 0.6 is 15.9 Å². The lowest BCUT2D eigenvalue weighted by atomic mass is 10.2. The Morgan fingerprint density at radius 3 is 2.17 bits per heavy atom. The summed E-state index contributed by atoms with van der Waals surface area (Å²) in [4.78, 5) is 11.8. The molecule has 0 saturated heterocycles. The summed E-state index contributed by atoms with van der Waals surface area (Å²) in [5.41, 5.74) is 1.75. The molecule has 0 unspecified atom stereocenters. The minimum Gasteiger partial charge on any atom is -0.334 e. The van der Waals surface area contributed by atoms with Crippen LogP contribution in [0.5, 0.6) is 0 Å². The van der Waals surface area contributed by atoms with Crippen LogP contribution in [-0.4, -0.2) is 14.4 Å². The molecule has 8 heteroatoms. The predicted molar refractivity (Wildman–Crippen MR) is 91.0 cm³/mol. The van der Waals surface area contributed by atoms with Gasteiger partial charge >= 0.3 is 6.03 Å². The summed E-state index contributed by atoms with van der Waals surface area (Å²) >= 11 is 3.37. The molecule has 0 radical (unpaired) electrons. The molecule has 2 aromatic carbocycles. The first kappa shape index (κ1) is 17.5. The second kappa shape index (κ2) is 7.58. The number of halogens is 1.